The topological polar surface area (TPSA) is 58.4 Å². The van der Waals surface area contributed by atoms with E-state index in [4.69, 9.17) is 5.73 Å². The standard InChI is InChI=1S/C15H23N3O.ClH/c1-12-2-4-14(5-3-12)17-15(19)11-18-8-6-13(10-16)7-9-18;/h2-5,13H,6-11,16H2,1H3,(H,17,19);1H. The van der Waals surface area contributed by atoms with Crippen molar-refractivity contribution in [1.82, 2.24) is 4.90 Å². The Kier molecular flexibility index (Phi) is 6.99. The highest BCUT2D eigenvalue weighted by atomic mass is 35.5. The van der Waals surface area contributed by atoms with Crippen LogP contribution in [0.4, 0.5) is 5.69 Å². The van der Waals surface area contributed by atoms with Gasteiger partial charge in [0.05, 0.1) is 6.54 Å². The average Bonchev–Trinajstić information content (AvgIpc) is 2.42. The van der Waals surface area contributed by atoms with Gasteiger partial charge in [-0.15, -0.1) is 12.4 Å². The van der Waals surface area contributed by atoms with Crippen LogP contribution in [0.15, 0.2) is 24.3 Å². The van der Waals surface area contributed by atoms with Gasteiger partial charge in [-0.3, -0.25) is 9.69 Å². The molecule has 1 aromatic carbocycles. The minimum absolute atomic E-state index is 0. The van der Waals surface area contributed by atoms with Crippen LogP contribution in [0.1, 0.15) is 18.4 Å². The van der Waals surface area contributed by atoms with Gasteiger partial charge in [0.1, 0.15) is 0 Å². The Morgan fingerprint density at radius 2 is 1.90 bits per heavy atom. The maximum absolute atomic E-state index is 11.9. The highest BCUT2D eigenvalue weighted by molar-refractivity contribution is 5.92. The van der Waals surface area contributed by atoms with Gasteiger partial charge in [-0.1, -0.05) is 17.7 Å². The summed E-state index contributed by atoms with van der Waals surface area (Å²) < 4.78 is 0. The second-order valence-corrected chi connectivity index (χ2v) is 5.37. The number of nitrogens with zero attached hydrogens (tertiary/aromatic N) is 1. The first-order chi connectivity index (χ1) is 9.17. The maximum atomic E-state index is 11.9. The van der Waals surface area contributed by atoms with E-state index in [2.05, 4.69) is 10.2 Å². The first kappa shape index (κ1) is 17.0. The van der Waals surface area contributed by atoms with Crippen LogP contribution in [-0.2, 0) is 4.79 Å². The molecule has 0 aromatic heterocycles. The van der Waals surface area contributed by atoms with E-state index in [1.165, 1.54) is 5.56 Å². The Hall–Kier alpha value is -1.10. The zero-order valence-electron chi connectivity index (χ0n) is 12.0. The second-order valence-electron chi connectivity index (χ2n) is 5.37. The molecular formula is C15H24ClN3O. The number of halogens is 1. The number of amides is 1. The first-order valence-electron chi connectivity index (χ1n) is 6.96. The quantitative estimate of drug-likeness (QED) is 0.894. The molecule has 0 spiro atoms. The van der Waals surface area contributed by atoms with Gasteiger partial charge in [0.25, 0.3) is 0 Å². The summed E-state index contributed by atoms with van der Waals surface area (Å²) in [5.41, 5.74) is 7.73. The molecule has 0 saturated carbocycles. The molecule has 1 heterocycles. The van der Waals surface area contributed by atoms with Crippen LogP contribution >= 0.6 is 12.4 Å². The fourth-order valence-electron chi connectivity index (χ4n) is 2.42. The lowest BCUT2D eigenvalue weighted by Gasteiger charge is -2.30. The Labute approximate surface area is 127 Å². The Morgan fingerprint density at radius 1 is 1.30 bits per heavy atom. The van der Waals surface area contributed by atoms with Gasteiger partial charge in [-0.25, -0.2) is 0 Å². The minimum Gasteiger partial charge on any atom is -0.330 e. The first-order valence-corrected chi connectivity index (χ1v) is 6.96. The van der Waals surface area contributed by atoms with E-state index in [1.54, 1.807) is 0 Å². The van der Waals surface area contributed by atoms with Crippen molar-refractivity contribution >= 4 is 24.0 Å². The summed E-state index contributed by atoms with van der Waals surface area (Å²) in [6, 6.07) is 7.88. The molecule has 112 valence electrons. The lowest BCUT2D eigenvalue weighted by molar-refractivity contribution is -0.117. The normalized spacial score (nSPS) is 16.5. The van der Waals surface area contributed by atoms with E-state index in [-0.39, 0.29) is 18.3 Å². The number of likely N-dealkylation sites (tertiary alicyclic amines) is 1. The predicted molar refractivity (Wildman–Crippen MR) is 85.3 cm³/mol. The van der Waals surface area contributed by atoms with Gasteiger partial charge in [0, 0.05) is 5.69 Å². The smallest absolute Gasteiger partial charge is 0.238 e. The lowest BCUT2D eigenvalue weighted by Crippen LogP contribution is -2.40. The molecule has 5 heteroatoms. The monoisotopic (exact) mass is 297 g/mol. The third kappa shape index (κ3) is 5.12. The van der Waals surface area contributed by atoms with Gasteiger partial charge >= 0.3 is 0 Å². The number of rotatable bonds is 4. The number of aryl methyl sites for hydroxylation is 1. The predicted octanol–water partition coefficient (Wildman–Crippen LogP) is 2.03. The van der Waals surface area contributed by atoms with E-state index < -0.39 is 0 Å². The number of nitrogens with two attached hydrogens (primary N) is 1. The van der Waals surface area contributed by atoms with Crippen molar-refractivity contribution in [2.24, 2.45) is 11.7 Å². The van der Waals surface area contributed by atoms with Crippen LogP contribution in [-0.4, -0.2) is 37.0 Å². The molecule has 1 aliphatic rings. The Morgan fingerprint density at radius 3 is 2.45 bits per heavy atom. The highest BCUT2D eigenvalue weighted by Crippen LogP contribution is 2.15. The molecular weight excluding hydrogens is 274 g/mol. The fraction of sp³-hybridized carbons (Fsp3) is 0.533. The number of hydrogen-bond donors (Lipinski definition) is 2. The molecule has 20 heavy (non-hydrogen) atoms. The molecule has 1 amide bonds. The number of anilines is 1. The summed E-state index contributed by atoms with van der Waals surface area (Å²) in [6.45, 7) is 5.23. The lowest BCUT2D eigenvalue weighted by atomic mass is 9.97. The summed E-state index contributed by atoms with van der Waals surface area (Å²) >= 11 is 0. The Balaban J connectivity index is 0.00000200. The minimum atomic E-state index is 0. The molecule has 1 aliphatic heterocycles. The van der Waals surface area contributed by atoms with Crippen molar-refractivity contribution in [3.05, 3.63) is 29.8 Å². The number of carbonyl (C=O) groups is 1. The number of piperidine rings is 1. The summed E-state index contributed by atoms with van der Waals surface area (Å²) in [6.07, 6.45) is 2.21. The number of hydrogen-bond acceptors (Lipinski definition) is 3. The zero-order valence-corrected chi connectivity index (χ0v) is 12.8. The van der Waals surface area contributed by atoms with Crippen molar-refractivity contribution in [2.45, 2.75) is 19.8 Å². The molecule has 1 saturated heterocycles. The molecule has 1 fully saturated rings. The van der Waals surface area contributed by atoms with Crippen molar-refractivity contribution in [1.29, 1.82) is 0 Å². The van der Waals surface area contributed by atoms with Gasteiger partial charge in [0.2, 0.25) is 5.91 Å². The molecule has 0 unspecified atom stereocenters. The number of benzene rings is 1. The average molecular weight is 298 g/mol. The Bertz CT molecular complexity index is 414. The number of carbonyl (C=O) groups excluding carboxylic acids is 1. The summed E-state index contributed by atoms with van der Waals surface area (Å²) in [7, 11) is 0. The van der Waals surface area contributed by atoms with Crippen molar-refractivity contribution in [3.63, 3.8) is 0 Å². The van der Waals surface area contributed by atoms with Crippen LogP contribution in [0.3, 0.4) is 0 Å². The van der Waals surface area contributed by atoms with E-state index in [0.717, 1.165) is 38.2 Å². The maximum Gasteiger partial charge on any atom is 0.238 e. The van der Waals surface area contributed by atoms with E-state index >= 15 is 0 Å². The van der Waals surface area contributed by atoms with Gasteiger partial charge in [-0.05, 0) is 57.5 Å². The van der Waals surface area contributed by atoms with Crippen LogP contribution < -0.4 is 11.1 Å². The van der Waals surface area contributed by atoms with E-state index in [1.807, 2.05) is 31.2 Å². The third-order valence-electron chi connectivity index (χ3n) is 3.74. The number of nitrogens with one attached hydrogen (secondary N) is 1. The van der Waals surface area contributed by atoms with Crippen LogP contribution in [0, 0.1) is 12.8 Å². The summed E-state index contributed by atoms with van der Waals surface area (Å²) in [5, 5.41) is 2.94. The SMILES string of the molecule is Cc1ccc(NC(=O)CN2CCC(CN)CC2)cc1.Cl. The van der Waals surface area contributed by atoms with Gasteiger partial charge in [0.15, 0.2) is 0 Å². The van der Waals surface area contributed by atoms with Crippen molar-refractivity contribution in [3.8, 4) is 0 Å². The van der Waals surface area contributed by atoms with Gasteiger partial charge < -0.3 is 11.1 Å². The van der Waals surface area contributed by atoms with Crippen LogP contribution in [0.25, 0.3) is 0 Å². The molecule has 4 nitrogen and oxygen atoms in total. The third-order valence-corrected chi connectivity index (χ3v) is 3.74. The largest absolute Gasteiger partial charge is 0.330 e. The molecule has 2 rings (SSSR count). The summed E-state index contributed by atoms with van der Waals surface area (Å²) in [4.78, 5) is 14.1. The molecule has 0 radical (unpaired) electrons. The molecule has 0 atom stereocenters. The van der Waals surface area contributed by atoms with Crippen LogP contribution in [0.2, 0.25) is 0 Å². The van der Waals surface area contributed by atoms with Crippen LogP contribution in [0.5, 0.6) is 0 Å². The fourth-order valence-corrected chi connectivity index (χ4v) is 2.42. The zero-order chi connectivity index (χ0) is 13.7. The van der Waals surface area contributed by atoms with Crippen molar-refractivity contribution < 1.29 is 4.79 Å². The van der Waals surface area contributed by atoms with Crippen molar-refractivity contribution in [2.75, 3.05) is 31.5 Å². The molecule has 3 N–H and O–H groups in total. The summed E-state index contributed by atoms with van der Waals surface area (Å²) in [5.74, 6) is 0.700. The van der Waals surface area contributed by atoms with Gasteiger partial charge in [-0.2, -0.15) is 0 Å². The highest BCUT2D eigenvalue weighted by Gasteiger charge is 2.19. The van der Waals surface area contributed by atoms with E-state index in [0.29, 0.717) is 12.5 Å². The van der Waals surface area contributed by atoms with E-state index in [9.17, 15) is 4.79 Å². The molecule has 0 aliphatic carbocycles. The second kappa shape index (κ2) is 8.25. The molecule has 0 bridgehead atoms. The molecule has 1 aromatic rings.